The molecule has 9 heteroatoms. The van der Waals surface area contributed by atoms with E-state index >= 15 is 0 Å². The first-order chi connectivity index (χ1) is 16.4. The number of fused-ring (bicyclic) bond motifs is 1. The van der Waals surface area contributed by atoms with Crippen LogP contribution >= 0.6 is 24.0 Å². The summed E-state index contributed by atoms with van der Waals surface area (Å²) in [5.41, 5.74) is 2.03. The number of rotatable bonds is 6. The van der Waals surface area contributed by atoms with Crippen LogP contribution < -0.4 is 10.5 Å². The molecule has 2 aliphatic heterocycles. The third-order valence-corrected chi connectivity index (χ3v) is 7.77. The number of likely N-dealkylation sites (N-methyl/N-ethyl adjacent to an activating group) is 1. The number of aryl methyl sites for hydroxylation is 1. The monoisotopic (exact) mass is 499 g/mol. The zero-order valence-corrected chi connectivity index (χ0v) is 21.3. The summed E-state index contributed by atoms with van der Waals surface area (Å²) in [5.74, 6) is -0.459. The van der Waals surface area contributed by atoms with E-state index < -0.39 is 0 Å². The summed E-state index contributed by atoms with van der Waals surface area (Å²) in [6, 6.07) is 7.86. The van der Waals surface area contributed by atoms with Crippen molar-refractivity contribution in [2.75, 3.05) is 31.1 Å². The molecule has 7 nitrogen and oxygen atoms in total. The second-order valence-corrected chi connectivity index (χ2v) is 9.94. The molecule has 0 N–H and O–H groups in total. The average molecular weight is 500 g/mol. The largest absolute Gasteiger partial charge is 0.466 e. The molecule has 34 heavy (non-hydrogen) atoms. The Bertz CT molecular complexity index is 1230. The van der Waals surface area contributed by atoms with Crippen molar-refractivity contribution >= 4 is 62.8 Å². The molecule has 1 amide bonds. The van der Waals surface area contributed by atoms with E-state index in [1.54, 1.807) is 15.5 Å². The number of anilines is 1. The van der Waals surface area contributed by atoms with Crippen LogP contribution in [0.15, 0.2) is 34.0 Å². The fourth-order valence-corrected chi connectivity index (χ4v) is 6.06. The predicted molar refractivity (Wildman–Crippen MR) is 141 cm³/mol. The molecule has 1 aromatic carbocycles. The van der Waals surface area contributed by atoms with Crippen molar-refractivity contribution in [3.8, 4) is 0 Å². The topological polar surface area (TPSA) is 71.8 Å². The highest BCUT2D eigenvalue weighted by Gasteiger charge is 2.33. The highest BCUT2D eigenvalue weighted by atomic mass is 32.2. The minimum Gasteiger partial charge on any atom is -0.466 e. The van der Waals surface area contributed by atoms with E-state index in [9.17, 15) is 14.4 Å². The van der Waals surface area contributed by atoms with Gasteiger partial charge >= 0.3 is 5.97 Å². The summed E-state index contributed by atoms with van der Waals surface area (Å²) in [5, 5.41) is 0.954. The summed E-state index contributed by atoms with van der Waals surface area (Å²) < 4.78 is 7.47. The van der Waals surface area contributed by atoms with Crippen LogP contribution in [0.3, 0.4) is 0 Å². The summed E-state index contributed by atoms with van der Waals surface area (Å²) in [6.07, 6.45) is 3.02. The molecule has 2 saturated heterocycles. The molecule has 180 valence electrons. The number of thiocarbonyl (C=S) groups is 1. The third-order valence-electron chi connectivity index (χ3n) is 6.39. The molecule has 0 unspecified atom stereocenters. The Morgan fingerprint density at radius 1 is 1.15 bits per heavy atom. The maximum Gasteiger partial charge on any atom is 0.309 e. The van der Waals surface area contributed by atoms with Crippen LogP contribution in [-0.2, 0) is 20.9 Å². The molecule has 3 heterocycles. The van der Waals surface area contributed by atoms with Gasteiger partial charge in [0.15, 0.2) is 0 Å². The lowest BCUT2D eigenvalue weighted by molar-refractivity contribution is -0.148. The molecule has 2 aromatic rings. The highest BCUT2D eigenvalue weighted by Crippen LogP contribution is 2.37. The van der Waals surface area contributed by atoms with Gasteiger partial charge in [0.25, 0.3) is 11.5 Å². The smallest absolute Gasteiger partial charge is 0.309 e. The standard InChI is InChI=1S/C25H29N3O4S2/c1-4-27-19-10-8-7-9-17(19)21(26-13-11-16(12-14-26)24(31)32-6-3)18(22(27)29)15-20-23(30)28(5-2)25(33)34-20/h7-10,15-16H,4-6,11-14H2,1-3H3. The maximum atomic E-state index is 13.7. The fourth-order valence-electron chi connectivity index (χ4n) is 4.70. The maximum absolute atomic E-state index is 13.7. The first-order valence-corrected chi connectivity index (χ1v) is 13.0. The van der Waals surface area contributed by atoms with E-state index in [-0.39, 0.29) is 23.4 Å². The molecule has 2 fully saturated rings. The first-order valence-electron chi connectivity index (χ1n) is 11.7. The number of piperidine rings is 1. The van der Waals surface area contributed by atoms with E-state index in [0.717, 1.165) is 16.6 Å². The van der Waals surface area contributed by atoms with Crippen molar-refractivity contribution in [3.63, 3.8) is 0 Å². The van der Waals surface area contributed by atoms with Crippen molar-refractivity contribution < 1.29 is 14.3 Å². The molecule has 0 saturated carbocycles. The Kier molecular flexibility index (Phi) is 7.42. The van der Waals surface area contributed by atoms with Crippen LogP contribution in [0.25, 0.3) is 17.0 Å². The average Bonchev–Trinajstić information content (AvgIpc) is 3.11. The number of amides is 1. The number of carbonyl (C=O) groups is 2. The summed E-state index contributed by atoms with van der Waals surface area (Å²) in [7, 11) is 0. The van der Waals surface area contributed by atoms with Gasteiger partial charge in [0.2, 0.25) is 0 Å². The number of carbonyl (C=O) groups excluding carboxylic acids is 2. The normalized spacial score (nSPS) is 18.4. The molecule has 0 spiro atoms. The molecule has 0 bridgehead atoms. The fraction of sp³-hybridized carbons (Fsp3) is 0.440. The number of esters is 1. The lowest BCUT2D eigenvalue weighted by atomic mass is 9.95. The quantitative estimate of drug-likeness (QED) is 0.338. The molecule has 0 atom stereocenters. The lowest BCUT2D eigenvalue weighted by Gasteiger charge is -2.34. The van der Waals surface area contributed by atoms with Gasteiger partial charge in [-0.3, -0.25) is 19.3 Å². The van der Waals surface area contributed by atoms with E-state index in [1.807, 2.05) is 45.0 Å². The minimum atomic E-state index is -0.167. The number of pyridine rings is 1. The molecule has 2 aliphatic rings. The predicted octanol–water partition coefficient (Wildman–Crippen LogP) is 4.02. The Morgan fingerprint density at radius 2 is 1.85 bits per heavy atom. The van der Waals surface area contributed by atoms with Crippen LogP contribution in [0.5, 0.6) is 0 Å². The Labute approximate surface area is 208 Å². The van der Waals surface area contributed by atoms with Crippen LogP contribution in [0.1, 0.15) is 39.2 Å². The molecule has 4 rings (SSSR count). The van der Waals surface area contributed by atoms with Crippen LogP contribution in [0.4, 0.5) is 5.69 Å². The minimum absolute atomic E-state index is 0.134. The third kappa shape index (κ3) is 4.38. The SMILES string of the molecule is CCOC(=O)C1CCN(c2c(C=C3SC(=S)N(CC)C3=O)c(=O)n(CC)c3ccccc23)CC1. The number of benzene rings is 1. The van der Waals surface area contributed by atoms with E-state index in [0.29, 0.717) is 60.4 Å². The molecule has 1 aromatic heterocycles. The van der Waals surface area contributed by atoms with E-state index in [2.05, 4.69) is 4.90 Å². The summed E-state index contributed by atoms with van der Waals surface area (Å²) in [4.78, 5) is 43.1. The molecular formula is C25H29N3O4S2. The van der Waals surface area contributed by atoms with Gasteiger partial charge in [0.1, 0.15) is 4.32 Å². The van der Waals surface area contributed by atoms with Crippen LogP contribution in [-0.4, -0.2) is 51.9 Å². The number of aromatic nitrogens is 1. The number of thioether (sulfide) groups is 1. The molecular weight excluding hydrogens is 470 g/mol. The van der Waals surface area contributed by atoms with Crippen molar-refractivity contribution in [2.45, 2.75) is 40.2 Å². The summed E-state index contributed by atoms with van der Waals surface area (Å²) >= 11 is 6.61. The number of hydrogen-bond donors (Lipinski definition) is 0. The number of ether oxygens (including phenoxy) is 1. The Hall–Kier alpha value is -2.65. The second-order valence-electron chi connectivity index (χ2n) is 8.27. The molecule has 0 aliphatic carbocycles. The van der Waals surface area contributed by atoms with Gasteiger partial charge in [-0.2, -0.15) is 0 Å². The van der Waals surface area contributed by atoms with Crippen molar-refractivity contribution in [2.24, 2.45) is 5.92 Å². The van der Waals surface area contributed by atoms with Gasteiger partial charge in [-0.25, -0.2) is 0 Å². The Morgan fingerprint density at radius 3 is 2.47 bits per heavy atom. The first kappa shape index (κ1) is 24.5. The van der Waals surface area contributed by atoms with Gasteiger partial charge in [-0.05, 0) is 45.8 Å². The van der Waals surface area contributed by atoms with Gasteiger partial charge in [-0.15, -0.1) is 0 Å². The van der Waals surface area contributed by atoms with Crippen molar-refractivity contribution in [1.82, 2.24) is 9.47 Å². The highest BCUT2D eigenvalue weighted by molar-refractivity contribution is 8.26. The van der Waals surface area contributed by atoms with Gasteiger partial charge in [0.05, 0.1) is 34.2 Å². The van der Waals surface area contributed by atoms with Gasteiger partial charge in [-0.1, -0.05) is 42.2 Å². The van der Waals surface area contributed by atoms with E-state index in [4.69, 9.17) is 17.0 Å². The zero-order chi connectivity index (χ0) is 24.4. The van der Waals surface area contributed by atoms with Crippen LogP contribution in [0.2, 0.25) is 0 Å². The van der Waals surface area contributed by atoms with Crippen molar-refractivity contribution in [3.05, 3.63) is 45.1 Å². The van der Waals surface area contributed by atoms with Gasteiger partial charge in [0, 0.05) is 31.6 Å². The number of hydrogen-bond acceptors (Lipinski definition) is 7. The lowest BCUT2D eigenvalue weighted by Crippen LogP contribution is -2.39. The van der Waals surface area contributed by atoms with Gasteiger partial charge < -0.3 is 14.2 Å². The number of nitrogens with zero attached hydrogens (tertiary/aromatic N) is 3. The number of para-hydroxylation sites is 1. The second kappa shape index (κ2) is 10.3. The molecule has 0 radical (unpaired) electrons. The van der Waals surface area contributed by atoms with Crippen molar-refractivity contribution in [1.29, 1.82) is 0 Å². The van der Waals surface area contributed by atoms with E-state index in [1.165, 1.54) is 11.8 Å². The van der Waals surface area contributed by atoms with Crippen LogP contribution in [0, 0.1) is 5.92 Å². The zero-order valence-electron chi connectivity index (χ0n) is 19.7. The summed E-state index contributed by atoms with van der Waals surface area (Å²) in [6.45, 7) is 8.27. The Balaban J connectivity index is 1.84.